The van der Waals surface area contributed by atoms with Gasteiger partial charge in [0.25, 0.3) is 0 Å². The maximum Gasteiger partial charge on any atom is 0.217 e. The van der Waals surface area contributed by atoms with E-state index in [9.17, 15) is 142 Å². The minimum atomic E-state index is -2.58. The van der Waals surface area contributed by atoms with Gasteiger partial charge in [0.15, 0.2) is 56.6 Å². The van der Waals surface area contributed by atoms with Gasteiger partial charge in [-0.3, -0.25) is 19.2 Å². The summed E-state index contributed by atoms with van der Waals surface area (Å²) in [4.78, 5) is 51.1. The van der Waals surface area contributed by atoms with Gasteiger partial charge in [-0.1, -0.05) is 0 Å². The second kappa shape index (κ2) is 39.7. The molecule has 9 saturated heterocycles. The molecule has 9 rings (SSSR count). The van der Waals surface area contributed by atoms with E-state index in [2.05, 4.69) is 21.3 Å². The Labute approximate surface area is 629 Å². The summed E-state index contributed by atoms with van der Waals surface area (Å²) in [5.74, 6) is -3.61. The topological polar surface area (TPSA) is 759 Å². The largest absolute Gasteiger partial charge is 0.394 e. The average molecular weight is 1630 g/mol. The van der Waals surface area contributed by atoms with Crippen molar-refractivity contribution in [3.8, 4) is 0 Å². The van der Waals surface area contributed by atoms with Gasteiger partial charge in [0.05, 0.1) is 59.0 Å². The molecule has 642 valence electrons. The molecular formula is C62H104N4O45. The molecule has 0 aliphatic carbocycles. The summed E-state index contributed by atoms with van der Waals surface area (Å²) >= 11 is 0. The molecular weight excluding hydrogens is 1520 g/mol. The van der Waals surface area contributed by atoms with Crippen LogP contribution in [0.3, 0.4) is 0 Å². The van der Waals surface area contributed by atoms with Gasteiger partial charge < -0.3 is 224 Å². The predicted molar refractivity (Wildman–Crippen MR) is 342 cm³/mol. The van der Waals surface area contributed by atoms with E-state index in [0.29, 0.717) is 0 Å². The van der Waals surface area contributed by atoms with Gasteiger partial charge in [-0.05, 0) is 6.92 Å². The van der Waals surface area contributed by atoms with Crippen molar-refractivity contribution in [3.05, 3.63) is 0 Å². The molecule has 0 saturated carbocycles. The molecule has 49 heteroatoms. The lowest BCUT2D eigenvalue weighted by Crippen LogP contribution is -2.71. The highest BCUT2D eigenvalue weighted by Gasteiger charge is 2.61. The number of rotatable bonds is 28. The Morgan fingerprint density at radius 1 is 0.252 bits per heavy atom. The fourth-order valence-corrected chi connectivity index (χ4v) is 14.3. The molecule has 9 aliphatic heterocycles. The molecule has 4 amide bonds. The number of aliphatic hydroxyl groups excluding tert-OH is 24. The summed E-state index contributed by atoms with van der Waals surface area (Å²) in [6.45, 7) is -3.42. The van der Waals surface area contributed by atoms with Crippen molar-refractivity contribution in [1.82, 2.24) is 21.3 Å². The maximum absolute atomic E-state index is 13.2. The number of ether oxygens (including phenoxy) is 17. The van der Waals surface area contributed by atoms with Crippen LogP contribution in [-0.2, 0) is 99.7 Å². The van der Waals surface area contributed by atoms with Crippen LogP contribution in [0.15, 0.2) is 0 Å². The van der Waals surface area contributed by atoms with E-state index in [-0.39, 0.29) is 0 Å². The van der Waals surface area contributed by atoms with Crippen LogP contribution in [0, 0.1) is 0 Å². The predicted octanol–water partition coefficient (Wildman–Crippen LogP) is -19.0. The third-order valence-corrected chi connectivity index (χ3v) is 20.3. The number of carbonyl (C=O) groups excluding carboxylic acids is 4. The van der Waals surface area contributed by atoms with E-state index < -0.39 is 353 Å². The van der Waals surface area contributed by atoms with Gasteiger partial charge in [-0.2, -0.15) is 0 Å². The second-order valence-corrected chi connectivity index (χ2v) is 28.2. The van der Waals surface area contributed by atoms with Gasteiger partial charge in [0, 0.05) is 27.7 Å². The zero-order chi connectivity index (χ0) is 81.8. The second-order valence-electron chi connectivity index (χ2n) is 28.2. The lowest BCUT2D eigenvalue weighted by Gasteiger charge is -2.51. The van der Waals surface area contributed by atoms with Crippen molar-refractivity contribution in [2.24, 2.45) is 0 Å². The molecule has 0 spiro atoms. The molecule has 111 heavy (non-hydrogen) atoms. The van der Waals surface area contributed by atoms with Crippen LogP contribution in [0.1, 0.15) is 34.6 Å². The smallest absolute Gasteiger partial charge is 0.217 e. The lowest BCUT2D eigenvalue weighted by molar-refractivity contribution is -0.398. The first kappa shape index (κ1) is 91.1. The Bertz CT molecular complexity index is 2950. The Hall–Kier alpha value is -3.76. The van der Waals surface area contributed by atoms with E-state index in [0.717, 1.165) is 27.7 Å². The lowest BCUT2D eigenvalue weighted by atomic mass is 9.93. The van der Waals surface area contributed by atoms with E-state index >= 15 is 0 Å². The fourth-order valence-electron chi connectivity index (χ4n) is 14.3. The van der Waals surface area contributed by atoms with Crippen LogP contribution in [0.2, 0.25) is 0 Å². The normalized spacial score (nSPS) is 49.3. The minimum absolute atomic E-state index is 0.829. The average Bonchev–Trinajstić information content (AvgIpc) is 0.769. The molecule has 9 aliphatic rings. The van der Waals surface area contributed by atoms with Crippen molar-refractivity contribution in [1.29, 1.82) is 0 Å². The Kier molecular flexibility index (Phi) is 32.6. The Balaban J connectivity index is 1.07. The summed E-state index contributed by atoms with van der Waals surface area (Å²) in [6, 6.07) is -7.40. The van der Waals surface area contributed by atoms with Crippen molar-refractivity contribution in [2.75, 3.05) is 52.9 Å². The first-order valence-electron chi connectivity index (χ1n) is 35.5. The zero-order valence-corrected chi connectivity index (χ0v) is 59.9. The van der Waals surface area contributed by atoms with Crippen molar-refractivity contribution >= 4 is 23.6 Å². The van der Waals surface area contributed by atoms with Crippen molar-refractivity contribution < 1.29 is 222 Å². The molecule has 0 aromatic carbocycles. The molecule has 0 aromatic heterocycles. The van der Waals surface area contributed by atoms with Gasteiger partial charge in [0.2, 0.25) is 23.6 Å². The number of hydrogen-bond acceptors (Lipinski definition) is 45. The van der Waals surface area contributed by atoms with Gasteiger partial charge >= 0.3 is 0 Å². The summed E-state index contributed by atoms with van der Waals surface area (Å²) in [7, 11) is 0. The highest BCUT2D eigenvalue weighted by atomic mass is 16.8. The summed E-state index contributed by atoms with van der Waals surface area (Å²) in [5, 5.41) is 276. The van der Waals surface area contributed by atoms with E-state index in [1.807, 2.05) is 0 Å². The molecule has 49 nitrogen and oxygen atoms in total. The zero-order valence-electron chi connectivity index (χ0n) is 59.9. The molecule has 45 atom stereocenters. The molecule has 9 fully saturated rings. The summed E-state index contributed by atoms with van der Waals surface area (Å²) < 4.78 is 101. The van der Waals surface area contributed by atoms with E-state index in [4.69, 9.17) is 80.5 Å². The summed E-state index contributed by atoms with van der Waals surface area (Å²) in [6.07, 6.45) is -83.9. The number of carbonyl (C=O) groups is 4. The first-order valence-corrected chi connectivity index (χ1v) is 35.5. The number of hydrogen-bond donors (Lipinski definition) is 28. The van der Waals surface area contributed by atoms with Gasteiger partial charge in [-0.25, -0.2) is 0 Å². The Morgan fingerprint density at radius 2 is 0.577 bits per heavy atom. The molecule has 28 N–H and O–H groups in total. The quantitative estimate of drug-likeness (QED) is 0.0346. The van der Waals surface area contributed by atoms with E-state index in [1.54, 1.807) is 0 Å². The monoisotopic (exact) mass is 1620 g/mol. The molecule has 9 heterocycles. The third kappa shape index (κ3) is 20.3. The van der Waals surface area contributed by atoms with Crippen LogP contribution >= 0.6 is 0 Å². The van der Waals surface area contributed by atoms with Gasteiger partial charge in [0.1, 0.15) is 213 Å². The minimum Gasteiger partial charge on any atom is -0.394 e. The molecule has 0 radical (unpaired) electrons. The molecule has 0 bridgehead atoms. The van der Waals surface area contributed by atoms with Crippen LogP contribution in [0.5, 0.6) is 0 Å². The van der Waals surface area contributed by atoms with Crippen LogP contribution in [0.25, 0.3) is 0 Å². The van der Waals surface area contributed by atoms with Crippen LogP contribution < -0.4 is 21.3 Å². The standard InChI is InChI=1S/C62H104N4O45/c1-14-31(77)41(87)45(91)58(97-14)95-13-26-49(39(85)27(54(94)98-26)63-15(2)73)106-56-29(65-17(4)75)40(86)48(24(11-72)104-56)107-60-47(93)51(37(83)25(105-60)12-96-61-52(43(89)34(80)21(8-69)102-61)110-55-28(64-16(3)74)38(84)32(78)19(6-67)99-55)109-62-53(44(90)35(81)22(9-70)103-62)111-57-30(66-18(5)76)50(36(82)23(10-71)100-57)108-59-46(92)42(88)33(79)20(7-68)101-59/h14,19-62,67-72,77-94H,6-13H2,1-5H3,(H,63,73)(H,64,74)(H,65,75)(H,66,76)/t14-,19+,20+,21+,22+,23+,24+,25+,26+,27+,28+,29+,30+,31+,32+,33-,34+,35+,36+,37+,38+,39+,40+,41+,42-,43-,44-,45-,46+,47-,48+,49+,50+,51-,52-,53-,54?,55-,56-,57-,58+,59-,60-,61-,62+/m0/s1. The molecule has 0 aromatic rings. The van der Waals surface area contributed by atoms with Crippen LogP contribution in [0.4, 0.5) is 0 Å². The first-order chi connectivity index (χ1) is 52.4. The number of amides is 4. The highest BCUT2D eigenvalue weighted by molar-refractivity contribution is 5.74. The van der Waals surface area contributed by atoms with Crippen molar-refractivity contribution in [3.63, 3.8) is 0 Å². The van der Waals surface area contributed by atoms with E-state index in [1.165, 1.54) is 6.92 Å². The van der Waals surface area contributed by atoms with Gasteiger partial charge in [-0.15, -0.1) is 0 Å². The third-order valence-electron chi connectivity index (χ3n) is 20.3. The Morgan fingerprint density at radius 3 is 1.11 bits per heavy atom. The number of nitrogens with one attached hydrogen (secondary N) is 4. The SMILES string of the molecule is CC(=O)N[C@H]1[C@H](O[C@H]2[C@H](O)[C@@H](NC(C)=O)C(O)O[C@@H]2CO[C@@H]2O[C@@H](C)[C@@H](O)[C@@H](O)[C@@H]2O)O[C@H](CO)[C@@H](O[C@@H]2O[C@H](CO[C@H]3O[C@H](CO)[C@@H](O)[C@H](O)[C@@H]3O[C@@H]3O[C@H](CO)[C@@H](O)[C@H](O)[C@H]3NC(C)=O)[C@@H](O)[C@H](O[C@H]3O[C@H](CO)[C@@H](O)[C@H](O)[C@@H]3O[C@@H]3O[C@H](CO)[C@@H](O)[C@H](O[C@@H]4O[C@H](CO)[C@H](O)[C@H](O)[C@H]4O)[C@H]3NC(C)=O)[C@@H]2O)[C@@H]1O. The maximum atomic E-state index is 13.2. The number of aliphatic hydroxyl groups is 24. The summed E-state index contributed by atoms with van der Waals surface area (Å²) in [5.41, 5.74) is 0. The molecule has 1 unspecified atom stereocenters. The van der Waals surface area contributed by atoms with Crippen molar-refractivity contribution in [2.45, 2.75) is 311 Å². The highest BCUT2D eigenvalue weighted by Crippen LogP contribution is 2.40. The fraction of sp³-hybridized carbons (Fsp3) is 0.935. The van der Waals surface area contributed by atoms with Crippen LogP contribution in [-0.4, -0.2) is 475 Å².